The zero-order valence-corrected chi connectivity index (χ0v) is 13.9. The zero-order valence-electron chi connectivity index (χ0n) is 11.5. The van der Waals surface area contributed by atoms with Gasteiger partial charge in [-0.25, -0.2) is 4.39 Å². The highest BCUT2D eigenvalue weighted by molar-refractivity contribution is 9.18. The van der Waals surface area contributed by atoms with Crippen molar-refractivity contribution in [2.75, 3.05) is 0 Å². The molecule has 110 valence electrons. The van der Waals surface area contributed by atoms with Crippen LogP contribution < -0.4 is 4.74 Å². The molecule has 21 heavy (non-hydrogen) atoms. The highest BCUT2D eigenvalue weighted by Gasteiger charge is 2.13. The fraction of sp³-hybridized carbons (Fsp3) is 0.188. The number of halogens is 3. The van der Waals surface area contributed by atoms with Gasteiger partial charge in [-0.2, -0.15) is 0 Å². The number of benzene rings is 2. The first kappa shape index (κ1) is 16.0. The van der Waals surface area contributed by atoms with Crippen LogP contribution in [0.3, 0.4) is 0 Å². The lowest BCUT2D eigenvalue weighted by molar-refractivity contribution is 0.109. The largest absolute Gasteiger partial charge is 0.488 e. The molecule has 0 amide bonds. The topological polar surface area (TPSA) is 26.3 Å². The first-order valence-corrected chi connectivity index (χ1v) is 7.44. The van der Waals surface area contributed by atoms with E-state index in [-0.39, 0.29) is 17.1 Å². The molecule has 0 unspecified atom stereocenters. The van der Waals surface area contributed by atoms with Crippen LogP contribution in [0.15, 0.2) is 30.3 Å². The van der Waals surface area contributed by atoms with Gasteiger partial charge in [0.05, 0.1) is 0 Å². The molecule has 2 rings (SSSR count). The van der Waals surface area contributed by atoms with Crippen LogP contribution in [0.25, 0.3) is 0 Å². The average molecular weight is 372 g/mol. The summed E-state index contributed by atoms with van der Waals surface area (Å²) in [5.41, 5.74) is 2.40. The summed E-state index contributed by atoms with van der Waals surface area (Å²) in [4.78, 5) is 11.5. The standard InChI is InChI=1S/C16H13BrClFO2/c1-9-6-10(2)15(7-14(9)19)21-8-12-11(16(17)20)4-3-5-13(12)18/h3-7H,8H2,1-2H3. The van der Waals surface area contributed by atoms with Crippen LogP contribution in [0, 0.1) is 19.7 Å². The fourth-order valence-electron chi connectivity index (χ4n) is 2.00. The van der Waals surface area contributed by atoms with Crippen LogP contribution in [-0.2, 0) is 6.61 Å². The molecule has 0 heterocycles. The van der Waals surface area contributed by atoms with Crippen molar-refractivity contribution in [3.05, 3.63) is 63.4 Å². The van der Waals surface area contributed by atoms with Gasteiger partial charge in [0.15, 0.2) is 0 Å². The fourth-order valence-corrected chi connectivity index (χ4v) is 2.60. The van der Waals surface area contributed by atoms with Gasteiger partial charge in [0.25, 0.3) is 0 Å². The first-order valence-electron chi connectivity index (χ1n) is 6.27. The second kappa shape index (κ2) is 6.58. The molecule has 2 nitrogen and oxygen atoms in total. The predicted octanol–water partition coefficient (Wildman–Crippen LogP) is 5.21. The van der Waals surface area contributed by atoms with Crippen molar-refractivity contribution >= 4 is 32.2 Å². The summed E-state index contributed by atoms with van der Waals surface area (Å²) in [5, 5.41) is 0.436. The van der Waals surface area contributed by atoms with E-state index in [4.69, 9.17) is 16.3 Å². The minimum absolute atomic E-state index is 0.0929. The summed E-state index contributed by atoms with van der Waals surface area (Å²) in [7, 11) is 0. The lowest BCUT2D eigenvalue weighted by Crippen LogP contribution is -2.04. The summed E-state index contributed by atoms with van der Waals surface area (Å²) in [6, 6.07) is 8.09. The second-order valence-electron chi connectivity index (χ2n) is 4.70. The van der Waals surface area contributed by atoms with Crippen molar-refractivity contribution in [3.63, 3.8) is 0 Å². The molecule has 2 aromatic rings. The Labute approximate surface area is 136 Å². The summed E-state index contributed by atoms with van der Waals surface area (Å²) < 4.78 is 19.0. The van der Waals surface area contributed by atoms with Crippen molar-refractivity contribution in [1.82, 2.24) is 0 Å². The molecule has 0 bridgehead atoms. The lowest BCUT2D eigenvalue weighted by atomic mass is 10.1. The summed E-state index contributed by atoms with van der Waals surface area (Å²) in [6.07, 6.45) is 0. The second-order valence-corrected chi connectivity index (χ2v) is 5.82. The van der Waals surface area contributed by atoms with Crippen LogP contribution in [0.4, 0.5) is 4.39 Å². The van der Waals surface area contributed by atoms with Crippen molar-refractivity contribution in [1.29, 1.82) is 0 Å². The van der Waals surface area contributed by atoms with E-state index in [1.165, 1.54) is 6.07 Å². The molecule has 0 aromatic heterocycles. The van der Waals surface area contributed by atoms with Gasteiger partial charge < -0.3 is 4.74 Å². The molecule has 0 aliphatic carbocycles. The molecule has 0 aliphatic rings. The molecule has 0 N–H and O–H groups in total. The van der Waals surface area contributed by atoms with E-state index in [1.807, 2.05) is 6.92 Å². The number of carbonyl (C=O) groups is 1. The van der Waals surface area contributed by atoms with Gasteiger partial charge in [0.1, 0.15) is 18.2 Å². The Morgan fingerprint density at radius 1 is 1.29 bits per heavy atom. The highest BCUT2D eigenvalue weighted by atomic mass is 79.9. The van der Waals surface area contributed by atoms with Gasteiger partial charge in [-0.05, 0) is 59.1 Å². The maximum absolute atomic E-state index is 13.6. The van der Waals surface area contributed by atoms with E-state index in [0.717, 1.165) is 5.56 Å². The number of aryl methyl sites for hydroxylation is 2. The Hall–Kier alpha value is -1.39. The van der Waals surface area contributed by atoms with E-state index < -0.39 is 0 Å². The smallest absolute Gasteiger partial charge is 0.228 e. The molecule has 0 fully saturated rings. The SMILES string of the molecule is Cc1cc(C)c(OCc2c(Cl)cccc2C(=O)Br)cc1F. The molecule has 5 heteroatoms. The Bertz CT molecular complexity index is 701. The van der Waals surface area contributed by atoms with E-state index in [9.17, 15) is 9.18 Å². The van der Waals surface area contributed by atoms with Crippen LogP contribution in [0.1, 0.15) is 27.0 Å². The normalized spacial score (nSPS) is 10.5. The molecule has 0 saturated heterocycles. The summed E-state index contributed by atoms with van der Waals surface area (Å²) >= 11 is 9.03. The Morgan fingerprint density at radius 3 is 2.67 bits per heavy atom. The molecule has 0 radical (unpaired) electrons. The number of ether oxygens (including phenoxy) is 1. The summed E-state index contributed by atoms with van der Waals surface area (Å²) in [6.45, 7) is 3.63. The maximum atomic E-state index is 13.6. The Balaban J connectivity index is 2.29. The molecular formula is C16H13BrClFO2. The van der Waals surface area contributed by atoms with Gasteiger partial charge in [-0.1, -0.05) is 17.7 Å². The van der Waals surface area contributed by atoms with Crippen LogP contribution in [0.2, 0.25) is 5.02 Å². The van der Waals surface area contributed by atoms with Crippen LogP contribution >= 0.6 is 27.5 Å². The number of hydrogen-bond donors (Lipinski definition) is 0. The molecule has 2 aromatic carbocycles. The Kier molecular flexibility index (Phi) is 5.01. The number of hydrogen-bond acceptors (Lipinski definition) is 2. The third-order valence-electron chi connectivity index (χ3n) is 3.16. The van der Waals surface area contributed by atoms with Crippen LogP contribution in [-0.4, -0.2) is 4.69 Å². The first-order chi connectivity index (χ1) is 9.90. The molecule has 0 atom stereocenters. The van der Waals surface area contributed by atoms with Crippen molar-refractivity contribution < 1.29 is 13.9 Å². The van der Waals surface area contributed by atoms with E-state index >= 15 is 0 Å². The maximum Gasteiger partial charge on any atom is 0.228 e. The van der Waals surface area contributed by atoms with Gasteiger partial charge in [-0.15, -0.1) is 0 Å². The number of rotatable bonds is 4. The van der Waals surface area contributed by atoms with Gasteiger partial charge in [0.2, 0.25) is 4.69 Å². The minimum atomic E-state index is -0.327. The van der Waals surface area contributed by atoms with E-state index in [0.29, 0.717) is 27.5 Å². The molecule has 0 saturated carbocycles. The van der Waals surface area contributed by atoms with Gasteiger partial charge in [0, 0.05) is 22.2 Å². The third-order valence-corrected chi connectivity index (χ3v) is 3.94. The van der Waals surface area contributed by atoms with Gasteiger partial charge >= 0.3 is 0 Å². The van der Waals surface area contributed by atoms with Crippen molar-refractivity contribution in [2.24, 2.45) is 0 Å². The Morgan fingerprint density at radius 2 is 2.00 bits per heavy atom. The van der Waals surface area contributed by atoms with Gasteiger partial charge in [-0.3, -0.25) is 4.79 Å². The van der Waals surface area contributed by atoms with E-state index in [2.05, 4.69) is 15.9 Å². The van der Waals surface area contributed by atoms with Crippen molar-refractivity contribution in [2.45, 2.75) is 20.5 Å². The summed E-state index contributed by atoms with van der Waals surface area (Å²) in [5.74, 6) is 0.109. The molecular weight excluding hydrogens is 359 g/mol. The lowest BCUT2D eigenvalue weighted by Gasteiger charge is -2.13. The quantitative estimate of drug-likeness (QED) is 0.690. The zero-order chi connectivity index (χ0) is 15.6. The monoisotopic (exact) mass is 370 g/mol. The van der Waals surface area contributed by atoms with Crippen molar-refractivity contribution in [3.8, 4) is 5.75 Å². The number of carbonyl (C=O) groups excluding carboxylic acids is 1. The van der Waals surface area contributed by atoms with Crippen LogP contribution in [0.5, 0.6) is 5.75 Å². The molecule has 0 spiro atoms. The highest BCUT2D eigenvalue weighted by Crippen LogP contribution is 2.27. The average Bonchev–Trinajstić information content (AvgIpc) is 2.42. The predicted molar refractivity (Wildman–Crippen MR) is 84.9 cm³/mol. The molecule has 0 aliphatic heterocycles. The third kappa shape index (κ3) is 3.63. The van der Waals surface area contributed by atoms with E-state index in [1.54, 1.807) is 31.2 Å². The minimum Gasteiger partial charge on any atom is -0.488 e.